The third-order valence-electron chi connectivity index (χ3n) is 15.3. The predicted molar refractivity (Wildman–Crippen MR) is 283 cm³/mol. The maximum absolute atomic E-state index is 2.62. The topological polar surface area (TPSA) is 19.7 Å². The van der Waals surface area contributed by atoms with Crippen LogP contribution in [-0.2, 0) is 6.42 Å². The van der Waals surface area contributed by atoms with Crippen molar-refractivity contribution < 1.29 is 0 Å². The van der Waals surface area contributed by atoms with Crippen LogP contribution in [-0.4, -0.2) is 18.3 Å². The van der Waals surface area contributed by atoms with Gasteiger partial charge in [0.2, 0.25) is 0 Å². The highest BCUT2D eigenvalue weighted by atomic mass is 15.0. The van der Waals surface area contributed by atoms with E-state index in [2.05, 4.69) is 231 Å². The number of hydrogen-bond acceptors (Lipinski definition) is 0. The van der Waals surface area contributed by atoms with Gasteiger partial charge in [-0.15, -0.1) is 0 Å². The molecule has 0 amide bonds. The highest BCUT2D eigenvalue weighted by Crippen LogP contribution is 2.50. The first-order valence-electron chi connectivity index (χ1n) is 23.8. The Labute approximate surface area is 386 Å². The number of benzene rings is 10. The van der Waals surface area contributed by atoms with E-state index < -0.39 is 0 Å². The van der Waals surface area contributed by atoms with E-state index in [4.69, 9.17) is 0 Å². The summed E-state index contributed by atoms with van der Waals surface area (Å²) in [7, 11) is 0. The Kier molecular flexibility index (Phi) is 7.63. The Morgan fingerprint density at radius 2 is 0.776 bits per heavy atom. The lowest BCUT2D eigenvalue weighted by Crippen LogP contribution is -2.07. The smallest absolute Gasteiger partial charge is 0.0562 e. The summed E-state index contributed by atoms with van der Waals surface area (Å²) in [6.45, 7) is 2.43. The molecule has 316 valence electrons. The Hall–Kier alpha value is -8.34. The van der Waals surface area contributed by atoms with E-state index in [1.54, 1.807) is 0 Å². The van der Waals surface area contributed by atoms with Gasteiger partial charge in [-0.3, -0.25) is 0 Å². The molecular weight excluding hydrogens is 813 g/mol. The first-order chi connectivity index (χ1) is 33.2. The van der Waals surface area contributed by atoms with Gasteiger partial charge >= 0.3 is 0 Å². The summed E-state index contributed by atoms with van der Waals surface area (Å²) in [5.74, 6) is 0.500. The largest absolute Gasteiger partial charge is 0.309 e. The van der Waals surface area contributed by atoms with Crippen molar-refractivity contribution in [3.63, 3.8) is 0 Å². The molecule has 0 spiro atoms. The Bertz CT molecular complexity index is 4370. The van der Waals surface area contributed by atoms with Crippen molar-refractivity contribution in [2.24, 2.45) is 0 Å². The van der Waals surface area contributed by atoms with E-state index in [0.29, 0.717) is 5.92 Å². The summed E-state index contributed by atoms with van der Waals surface area (Å²) in [5.41, 5.74) is 17.5. The first kappa shape index (κ1) is 36.9. The van der Waals surface area contributed by atoms with Crippen molar-refractivity contribution in [1.82, 2.24) is 18.3 Å². The van der Waals surface area contributed by atoms with Crippen molar-refractivity contribution in [2.45, 2.75) is 32.1 Å². The second-order valence-corrected chi connectivity index (χ2v) is 18.7. The molecular formula is C63H44N4. The SMILES string of the molecule is CC1CCCc2c1ccc1c2c2c3c4c5ccccc5ccc4n(-c4cccc5c4c4ccccc4n5-c4ccccc4)c3ccc2n1-c1cccc2c1c1ccccc1n2-c1ccccc1. The van der Waals surface area contributed by atoms with Gasteiger partial charge in [0.15, 0.2) is 0 Å². The van der Waals surface area contributed by atoms with Crippen molar-refractivity contribution in [3.8, 4) is 22.7 Å². The van der Waals surface area contributed by atoms with E-state index in [0.717, 1.165) is 12.1 Å². The molecule has 0 aliphatic heterocycles. The van der Waals surface area contributed by atoms with Crippen LogP contribution in [0, 0.1) is 0 Å². The minimum Gasteiger partial charge on any atom is -0.309 e. The van der Waals surface area contributed by atoms with E-state index >= 15 is 0 Å². The number of rotatable bonds is 4. The van der Waals surface area contributed by atoms with Crippen molar-refractivity contribution in [2.75, 3.05) is 0 Å². The molecule has 15 rings (SSSR count). The fourth-order valence-electron chi connectivity index (χ4n) is 12.6. The molecule has 4 heteroatoms. The summed E-state index contributed by atoms with van der Waals surface area (Å²) in [6.07, 6.45) is 3.48. The molecule has 0 bridgehead atoms. The molecule has 1 atom stereocenters. The maximum atomic E-state index is 2.62. The fourth-order valence-corrected chi connectivity index (χ4v) is 12.6. The molecule has 4 nitrogen and oxygen atoms in total. The van der Waals surface area contributed by atoms with Crippen LogP contribution in [0.3, 0.4) is 0 Å². The third kappa shape index (κ3) is 4.97. The number of hydrogen-bond donors (Lipinski definition) is 0. The van der Waals surface area contributed by atoms with Crippen molar-refractivity contribution >= 4 is 98.0 Å². The molecule has 67 heavy (non-hydrogen) atoms. The highest BCUT2D eigenvalue weighted by molar-refractivity contribution is 6.34. The monoisotopic (exact) mass is 856 g/mol. The number of nitrogens with zero attached hydrogens (tertiary/aromatic N) is 4. The predicted octanol–water partition coefficient (Wildman–Crippen LogP) is 16.7. The average Bonchev–Trinajstić information content (AvgIpc) is 4.12. The standard InChI is InChI=1S/C63H44N4/c1-39-17-14-26-45-43(39)34-36-55-61(45)63-57(67(55)53-32-16-30-51-59(53)47-25-11-13-28-49(47)65(51)42-21-6-3-7-22-42)38-37-56-62(63)60-44-23-9-8-18-40(44)33-35-54(60)66(56)52-31-15-29-50-58(52)46-24-10-12-27-48(46)64(50)41-19-4-2-5-20-41/h2-13,15-16,18-25,27-39H,14,17,26H2,1H3. The molecule has 1 aliphatic rings. The maximum Gasteiger partial charge on any atom is 0.0562 e. The Morgan fingerprint density at radius 3 is 1.39 bits per heavy atom. The van der Waals surface area contributed by atoms with Crippen LogP contribution in [0.15, 0.2) is 206 Å². The number of aromatic nitrogens is 4. The molecule has 0 saturated heterocycles. The van der Waals surface area contributed by atoms with Gasteiger partial charge in [0.25, 0.3) is 0 Å². The molecule has 0 saturated carbocycles. The highest BCUT2D eigenvalue weighted by Gasteiger charge is 2.29. The summed E-state index contributed by atoms with van der Waals surface area (Å²) in [6, 6.07) is 76.9. The van der Waals surface area contributed by atoms with Crippen LogP contribution in [0.2, 0.25) is 0 Å². The van der Waals surface area contributed by atoms with E-state index in [1.165, 1.54) is 139 Å². The molecule has 0 N–H and O–H groups in total. The van der Waals surface area contributed by atoms with Gasteiger partial charge in [0.05, 0.1) is 55.5 Å². The molecule has 14 aromatic rings. The average molecular weight is 857 g/mol. The van der Waals surface area contributed by atoms with Crippen LogP contribution in [0.1, 0.15) is 36.8 Å². The zero-order chi connectivity index (χ0) is 43.9. The van der Waals surface area contributed by atoms with Crippen molar-refractivity contribution in [1.29, 1.82) is 0 Å². The van der Waals surface area contributed by atoms with Gasteiger partial charge < -0.3 is 18.3 Å². The lowest BCUT2D eigenvalue weighted by Gasteiger charge is -2.23. The third-order valence-corrected chi connectivity index (χ3v) is 15.3. The lowest BCUT2D eigenvalue weighted by molar-refractivity contribution is 0.593. The van der Waals surface area contributed by atoms with Gasteiger partial charge in [0.1, 0.15) is 0 Å². The molecule has 4 aromatic heterocycles. The van der Waals surface area contributed by atoms with Gasteiger partial charge in [-0.05, 0) is 132 Å². The van der Waals surface area contributed by atoms with Gasteiger partial charge in [-0.25, -0.2) is 0 Å². The van der Waals surface area contributed by atoms with Crippen LogP contribution in [0.5, 0.6) is 0 Å². The first-order valence-corrected chi connectivity index (χ1v) is 23.8. The number of fused-ring (bicyclic) bond motifs is 17. The Balaban J connectivity index is 1.14. The summed E-state index contributed by atoms with van der Waals surface area (Å²) in [5, 5.41) is 12.9. The summed E-state index contributed by atoms with van der Waals surface area (Å²) < 4.78 is 10.1. The summed E-state index contributed by atoms with van der Waals surface area (Å²) >= 11 is 0. The van der Waals surface area contributed by atoms with Crippen LogP contribution in [0.4, 0.5) is 0 Å². The second kappa shape index (κ2) is 13.8. The second-order valence-electron chi connectivity index (χ2n) is 18.7. The van der Waals surface area contributed by atoms with Gasteiger partial charge in [0, 0.05) is 54.5 Å². The molecule has 1 aliphatic carbocycles. The normalized spacial score (nSPS) is 14.3. The van der Waals surface area contributed by atoms with Crippen molar-refractivity contribution in [3.05, 3.63) is 217 Å². The molecule has 0 fully saturated rings. The zero-order valence-electron chi connectivity index (χ0n) is 37.1. The van der Waals surface area contributed by atoms with Crippen LogP contribution >= 0.6 is 0 Å². The summed E-state index contributed by atoms with van der Waals surface area (Å²) in [4.78, 5) is 0. The minimum absolute atomic E-state index is 0.500. The lowest BCUT2D eigenvalue weighted by atomic mass is 9.81. The Morgan fingerprint density at radius 1 is 0.328 bits per heavy atom. The molecule has 0 radical (unpaired) electrons. The number of aryl methyl sites for hydroxylation is 1. The van der Waals surface area contributed by atoms with E-state index in [-0.39, 0.29) is 0 Å². The van der Waals surface area contributed by atoms with Crippen LogP contribution in [0.25, 0.3) is 121 Å². The van der Waals surface area contributed by atoms with E-state index in [1.807, 2.05) is 0 Å². The zero-order valence-corrected chi connectivity index (χ0v) is 37.1. The molecule has 4 heterocycles. The number of para-hydroxylation sites is 4. The quantitative estimate of drug-likeness (QED) is 0.168. The van der Waals surface area contributed by atoms with E-state index in [9.17, 15) is 0 Å². The molecule has 1 unspecified atom stereocenters. The molecule has 10 aromatic carbocycles. The van der Waals surface area contributed by atoms with Gasteiger partial charge in [-0.1, -0.05) is 128 Å². The fraction of sp³-hybridized carbons (Fsp3) is 0.0794. The van der Waals surface area contributed by atoms with Gasteiger partial charge in [-0.2, -0.15) is 0 Å². The van der Waals surface area contributed by atoms with Crippen LogP contribution < -0.4 is 0 Å². The minimum atomic E-state index is 0.500.